The molecule has 0 aromatic heterocycles. The first-order valence-corrected chi connectivity index (χ1v) is 8.09. The molecule has 0 saturated carbocycles. The Balaban J connectivity index is 1.87. The Bertz CT molecular complexity index is 861. The molecule has 3 N–H and O–H groups in total. The van der Waals surface area contributed by atoms with Gasteiger partial charge in [0, 0.05) is 24.3 Å². The normalized spacial score (nSPS) is 12.7. The van der Waals surface area contributed by atoms with Crippen molar-refractivity contribution >= 4 is 17.3 Å². The maximum atomic E-state index is 12.8. The third-order valence-corrected chi connectivity index (χ3v) is 4.10. The number of phenolic OH excluding ortho intramolecular Hbond substituents is 1. The Hall–Kier alpha value is -2.90. The molecule has 2 aromatic rings. The van der Waals surface area contributed by atoms with Gasteiger partial charge in [-0.05, 0) is 0 Å². The molecule has 0 bridgehead atoms. The molecule has 26 heavy (non-hydrogen) atoms. The number of methoxy groups -OCH3 is 1. The van der Waals surface area contributed by atoms with E-state index in [1.54, 1.807) is 31.4 Å². The summed E-state index contributed by atoms with van der Waals surface area (Å²) >= 11 is 0. The largest absolute Gasteiger partial charge is 0.507 e. The molecule has 0 saturated heterocycles. The summed E-state index contributed by atoms with van der Waals surface area (Å²) in [6, 6.07) is 7.70. The second kappa shape index (κ2) is 7.55. The first kappa shape index (κ1) is 17.9. The smallest absolute Gasteiger partial charge is 0.198 e. The number of hydrogen-bond donors (Lipinski definition) is 2. The number of ketones is 2. The molecule has 0 atom stereocenters. The van der Waals surface area contributed by atoms with Crippen LogP contribution in [0.3, 0.4) is 0 Å². The van der Waals surface area contributed by atoms with Crippen molar-refractivity contribution in [3.05, 3.63) is 52.6 Å². The van der Waals surface area contributed by atoms with Gasteiger partial charge in [-0.1, -0.05) is 24.3 Å². The molecule has 0 radical (unpaired) electrons. The SMILES string of the molecule is COCCOCCOc1cc(O)c2c(c1N)C(=O)c1ccccc1C2=O. The van der Waals surface area contributed by atoms with Crippen molar-refractivity contribution in [3.63, 3.8) is 0 Å². The standard InChI is InChI=1S/C19H19NO6/c1-24-6-7-25-8-9-26-14-10-13(21)15-16(17(14)20)19(23)12-5-3-2-4-11(12)18(15)22/h2-5,10,21H,6-9,20H2,1H3. The second-order valence-corrected chi connectivity index (χ2v) is 5.71. The minimum Gasteiger partial charge on any atom is -0.507 e. The molecule has 7 nitrogen and oxygen atoms in total. The van der Waals surface area contributed by atoms with Crippen LogP contribution in [0.15, 0.2) is 30.3 Å². The molecule has 3 rings (SSSR count). The molecule has 1 aliphatic rings. The molecule has 0 amide bonds. The summed E-state index contributed by atoms with van der Waals surface area (Å²) in [5, 5.41) is 10.3. The number of aromatic hydroxyl groups is 1. The minimum absolute atomic E-state index is 0.0241. The van der Waals surface area contributed by atoms with Gasteiger partial charge in [0.25, 0.3) is 0 Å². The van der Waals surface area contributed by atoms with E-state index in [2.05, 4.69) is 0 Å². The van der Waals surface area contributed by atoms with Crippen molar-refractivity contribution < 1.29 is 28.9 Å². The van der Waals surface area contributed by atoms with Gasteiger partial charge in [-0.25, -0.2) is 0 Å². The van der Waals surface area contributed by atoms with Crippen molar-refractivity contribution in [1.29, 1.82) is 0 Å². The molecule has 0 spiro atoms. The van der Waals surface area contributed by atoms with Crippen LogP contribution in [0.1, 0.15) is 31.8 Å². The zero-order valence-corrected chi connectivity index (χ0v) is 14.3. The highest BCUT2D eigenvalue weighted by Gasteiger charge is 2.35. The van der Waals surface area contributed by atoms with Crippen LogP contribution in [0.4, 0.5) is 5.69 Å². The molecule has 7 heteroatoms. The van der Waals surface area contributed by atoms with E-state index in [1.807, 2.05) is 0 Å². The lowest BCUT2D eigenvalue weighted by atomic mass is 9.82. The number of rotatable bonds is 7. The number of carbonyl (C=O) groups excluding carboxylic acids is 2. The number of anilines is 1. The van der Waals surface area contributed by atoms with Gasteiger partial charge >= 0.3 is 0 Å². The highest BCUT2D eigenvalue weighted by molar-refractivity contribution is 6.31. The van der Waals surface area contributed by atoms with Crippen LogP contribution in [-0.2, 0) is 9.47 Å². The number of nitrogens with two attached hydrogens (primary N) is 1. The predicted octanol–water partition coefficient (Wildman–Crippen LogP) is 1.79. The highest BCUT2D eigenvalue weighted by Crippen LogP contribution is 2.41. The van der Waals surface area contributed by atoms with Crippen LogP contribution in [0.2, 0.25) is 0 Å². The van der Waals surface area contributed by atoms with Crippen molar-refractivity contribution in [2.24, 2.45) is 0 Å². The number of phenols is 1. The van der Waals surface area contributed by atoms with Crippen LogP contribution in [0.25, 0.3) is 0 Å². The number of fused-ring (bicyclic) bond motifs is 2. The molecular weight excluding hydrogens is 338 g/mol. The van der Waals surface area contributed by atoms with Crippen LogP contribution in [0.5, 0.6) is 11.5 Å². The van der Waals surface area contributed by atoms with Crippen molar-refractivity contribution in [2.75, 3.05) is 39.3 Å². The van der Waals surface area contributed by atoms with Crippen molar-refractivity contribution in [2.45, 2.75) is 0 Å². The monoisotopic (exact) mass is 357 g/mol. The summed E-state index contributed by atoms with van der Waals surface area (Å²) in [5.74, 6) is -1.05. The third-order valence-electron chi connectivity index (χ3n) is 4.10. The van der Waals surface area contributed by atoms with E-state index >= 15 is 0 Å². The number of ether oxygens (including phenoxy) is 3. The summed E-state index contributed by atoms with van der Waals surface area (Å²) < 4.78 is 15.7. The van der Waals surface area contributed by atoms with E-state index < -0.39 is 11.6 Å². The van der Waals surface area contributed by atoms with E-state index in [1.165, 1.54) is 6.07 Å². The van der Waals surface area contributed by atoms with E-state index in [0.717, 1.165) is 0 Å². The van der Waals surface area contributed by atoms with E-state index in [9.17, 15) is 14.7 Å². The van der Waals surface area contributed by atoms with Gasteiger partial charge < -0.3 is 25.1 Å². The van der Waals surface area contributed by atoms with Gasteiger partial charge in [-0.2, -0.15) is 0 Å². The maximum absolute atomic E-state index is 12.8. The van der Waals surface area contributed by atoms with Crippen LogP contribution < -0.4 is 10.5 Å². The Morgan fingerprint density at radius 2 is 1.58 bits per heavy atom. The lowest BCUT2D eigenvalue weighted by molar-refractivity contribution is 0.0545. The summed E-state index contributed by atoms with van der Waals surface area (Å²) in [6.45, 7) is 1.35. The summed E-state index contributed by atoms with van der Waals surface area (Å²) in [4.78, 5) is 25.4. The lowest BCUT2D eigenvalue weighted by Crippen LogP contribution is -2.23. The molecule has 0 aliphatic heterocycles. The summed E-state index contributed by atoms with van der Waals surface area (Å²) in [6.07, 6.45) is 0. The summed E-state index contributed by atoms with van der Waals surface area (Å²) in [7, 11) is 1.58. The molecule has 0 unspecified atom stereocenters. The molecule has 0 fully saturated rings. The Morgan fingerprint density at radius 1 is 0.962 bits per heavy atom. The van der Waals surface area contributed by atoms with Gasteiger partial charge in [0.05, 0.1) is 36.6 Å². The zero-order chi connectivity index (χ0) is 18.7. The predicted molar refractivity (Wildman–Crippen MR) is 94.0 cm³/mol. The highest BCUT2D eigenvalue weighted by atomic mass is 16.5. The van der Waals surface area contributed by atoms with E-state index in [0.29, 0.717) is 13.2 Å². The molecule has 136 valence electrons. The first-order chi connectivity index (χ1) is 12.6. The molecule has 0 heterocycles. The molecule has 2 aromatic carbocycles. The third kappa shape index (κ3) is 3.14. The topological polar surface area (TPSA) is 108 Å². The van der Waals surface area contributed by atoms with Crippen LogP contribution in [-0.4, -0.2) is 50.2 Å². The fourth-order valence-electron chi connectivity index (χ4n) is 2.85. The first-order valence-electron chi connectivity index (χ1n) is 8.09. The number of carbonyl (C=O) groups is 2. The van der Waals surface area contributed by atoms with Crippen molar-refractivity contribution in [3.8, 4) is 11.5 Å². The summed E-state index contributed by atoms with van der Waals surface area (Å²) in [5.41, 5.74) is 6.50. The average Bonchev–Trinajstić information content (AvgIpc) is 2.65. The molecular formula is C19H19NO6. The van der Waals surface area contributed by atoms with Crippen LogP contribution >= 0.6 is 0 Å². The van der Waals surface area contributed by atoms with Crippen LogP contribution in [0, 0.1) is 0 Å². The van der Waals surface area contributed by atoms with Gasteiger partial charge in [-0.3, -0.25) is 9.59 Å². The zero-order valence-electron chi connectivity index (χ0n) is 14.3. The maximum Gasteiger partial charge on any atom is 0.198 e. The van der Waals surface area contributed by atoms with E-state index in [-0.39, 0.29) is 52.7 Å². The fourth-order valence-corrected chi connectivity index (χ4v) is 2.85. The number of nitrogen functional groups attached to an aromatic ring is 1. The number of benzene rings is 2. The van der Waals surface area contributed by atoms with Gasteiger partial charge in [0.2, 0.25) is 0 Å². The Kier molecular flexibility index (Phi) is 5.20. The van der Waals surface area contributed by atoms with Gasteiger partial charge in [0.1, 0.15) is 18.1 Å². The van der Waals surface area contributed by atoms with Gasteiger partial charge in [0.15, 0.2) is 11.6 Å². The Morgan fingerprint density at radius 3 is 2.23 bits per heavy atom. The lowest BCUT2D eigenvalue weighted by Gasteiger charge is -2.21. The van der Waals surface area contributed by atoms with Crippen molar-refractivity contribution in [1.82, 2.24) is 0 Å². The minimum atomic E-state index is -0.436. The quantitative estimate of drug-likeness (QED) is 0.377. The average molecular weight is 357 g/mol. The second-order valence-electron chi connectivity index (χ2n) is 5.71. The number of hydrogen-bond acceptors (Lipinski definition) is 7. The Labute approximate surface area is 150 Å². The molecule has 1 aliphatic carbocycles. The van der Waals surface area contributed by atoms with Gasteiger partial charge in [-0.15, -0.1) is 0 Å². The van der Waals surface area contributed by atoms with E-state index in [4.69, 9.17) is 19.9 Å². The fraction of sp³-hybridized carbons (Fsp3) is 0.263.